The summed E-state index contributed by atoms with van der Waals surface area (Å²) in [7, 11) is 0. The number of nitrogens with zero attached hydrogens (tertiary/aromatic N) is 4. The molecule has 0 saturated carbocycles. The molecule has 1 aliphatic heterocycles. The van der Waals surface area contributed by atoms with E-state index in [9.17, 15) is 4.79 Å². The molecule has 0 unspecified atom stereocenters. The molecule has 0 radical (unpaired) electrons. The zero-order valence-electron chi connectivity index (χ0n) is 17.1. The fourth-order valence-corrected chi connectivity index (χ4v) is 4.47. The first-order chi connectivity index (χ1) is 16.1. The second-order valence-corrected chi connectivity index (χ2v) is 8.81. The van der Waals surface area contributed by atoms with E-state index in [2.05, 4.69) is 15.2 Å². The Kier molecular flexibility index (Phi) is 6.22. The molecule has 0 aliphatic carbocycles. The number of benzene rings is 2. The number of carbonyl (C=O) groups is 1. The van der Waals surface area contributed by atoms with Crippen molar-refractivity contribution in [3.63, 3.8) is 0 Å². The number of pyridine rings is 1. The fourth-order valence-electron chi connectivity index (χ4n) is 3.33. The standard InChI is InChI=1S/C23H16Cl2N4O3S/c24-17-5-4-16(11-18(17)25)29-22(15-2-1-7-26-12-15)27-28-23(29)33-13-19(30)14-3-6-20-21(10-14)32-9-8-31-20/h1-7,10-12H,8-9,13H2. The van der Waals surface area contributed by atoms with Crippen LogP contribution in [0.25, 0.3) is 17.1 Å². The Morgan fingerprint density at radius 2 is 1.85 bits per heavy atom. The van der Waals surface area contributed by atoms with Gasteiger partial charge in [0, 0.05) is 23.5 Å². The first-order valence-electron chi connectivity index (χ1n) is 9.97. The number of ketones is 1. The molecule has 4 aromatic rings. The summed E-state index contributed by atoms with van der Waals surface area (Å²) >= 11 is 13.7. The van der Waals surface area contributed by atoms with Crippen molar-refractivity contribution in [1.82, 2.24) is 19.7 Å². The zero-order chi connectivity index (χ0) is 22.8. The maximum absolute atomic E-state index is 12.9. The topological polar surface area (TPSA) is 79.1 Å². The van der Waals surface area contributed by atoms with Crippen molar-refractivity contribution in [3.8, 4) is 28.6 Å². The number of Topliss-reactive ketones (excluding diaryl/α,β-unsaturated/α-hetero) is 1. The molecular weight excluding hydrogens is 483 g/mol. The summed E-state index contributed by atoms with van der Waals surface area (Å²) in [4.78, 5) is 17.1. The van der Waals surface area contributed by atoms with Crippen molar-refractivity contribution in [2.45, 2.75) is 5.16 Å². The Labute approximate surface area is 203 Å². The molecule has 33 heavy (non-hydrogen) atoms. The Morgan fingerprint density at radius 3 is 2.64 bits per heavy atom. The molecule has 2 aromatic carbocycles. The highest BCUT2D eigenvalue weighted by atomic mass is 35.5. The van der Waals surface area contributed by atoms with Crippen LogP contribution in [0, 0.1) is 0 Å². The Morgan fingerprint density at radius 1 is 1.00 bits per heavy atom. The minimum atomic E-state index is -0.0661. The van der Waals surface area contributed by atoms with Gasteiger partial charge >= 0.3 is 0 Å². The third-order valence-corrected chi connectivity index (χ3v) is 6.58. The van der Waals surface area contributed by atoms with Crippen LogP contribution in [0.15, 0.2) is 66.1 Å². The van der Waals surface area contributed by atoms with Gasteiger partial charge in [-0.25, -0.2) is 0 Å². The molecule has 0 bridgehead atoms. The SMILES string of the molecule is O=C(CSc1nnc(-c2cccnc2)n1-c1ccc(Cl)c(Cl)c1)c1ccc2c(c1)OCCO2. The van der Waals surface area contributed by atoms with Crippen molar-refractivity contribution in [2.24, 2.45) is 0 Å². The van der Waals surface area contributed by atoms with E-state index in [0.29, 0.717) is 51.3 Å². The molecule has 0 N–H and O–H groups in total. The number of thioether (sulfide) groups is 1. The predicted octanol–water partition coefficient (Wildman–Crippen LogP) is 5.38. The van der Waals surface area contributed by atoms with Crippen LogP contribution in [-0.2, 0) is 0 Å². The largest absolute Gasteiger partial charge is 0.486 e. The highest BCUT2D eigenvalue weighted by molar-refractivity contribution is 7.99. The Bertz CT molecular complexity index is 1330. The average molecular weight is 499 g/mol. The average Bonchev–Trinajstić information content (AvgIpc) is 3.28. The molecule has 10 heteroatoms. The van der Waals surface area contributed by atoms with Crippen LogP contribution in [0.1, 0.15) is 10.4 Å². The smallest absolute Gasteiger partial charge is 0.196 e. The van der Waals surface area contributed by atoms with E-state index in [4.69, 9.17) is 32.7 Å². The molecule has 5 rings (SSSR count). The van der Waals surface area contributed by atoms with Crippen molar-refractivity contribution in [2.75, 3.05) is 19.0 Å². The number of fused-ring (bicyclic) bond motifs is 1. The quantitative estimate of drug-likeness (QED) is 0.260. The maximum atomic E-state index is 12.9. The van der Waals surface area contributed by atoms with Crippen LogP contribution in [0.2, 0.25) is 10.0 Å². The summed E-state index contributed by atoms with van der Waals surface area (Å²) in [5, 5.41) is 10.1. The van der Waals surface area contributed by atoms with E-state index in [1.807, 2.05) is 22.8 Å². The van der Waals surface area contributed by atoms with E-state index in [-0.39, 0.29) is 11.5 Å². The summed E-state index contributed by atoms with van der Waals surface area (Å²) in [5.74, 6) is 1.90. The van der Waals surface area contributed by atoms with Gasteiger partial charge in [0.15, 0.2) is 28.3 Å². The van der Waals surface area contributed by atoms with Gasteiger partial charge in [-0.15, -0.1) is 10.2 Å². The second-order valence-electron chi connectivity index (χ2n) is 7.05. The molecular formula is C23H16Cl2N4O3S. The molecule has 7 nitrogen and oxygen atoms in total. The van der Waals surface area contributed by atoms with Crippen LogP contribution in [0.4, 0.5) is 0 Å². The van der Waals surface area contributed by atoms with Gasteiger partial charge < -0.3 is 9.47 Å². The number of aromatic nitrogens is 4. The number of halogens is 2. The highest BCUT2D eigenvalue weighted by Gasteiger charge is 2.20. The Hall–Kier alpha value is -3.07. The van der Waals surface area contributed by atoms with Crippen LogP contribution < -0.4 is 9.47 Å². The lowest BCUT2D eigenvalue weighted by Gasteiger charge is -2.18. The van der Waals surface area contributed by atoms with Crippen molar-refractivity contribution in [1.29, 1.82) is 0 Å². The molecule has 2 aromatic heterocycles. The van der Waals surface area contributed by atoms with Gasteiger partial charge in [-0.05, 0) is 48.5 Å². The third kappa shape index (κ3) is 4.55. The van der Waals surface area contributed by atoms with E-state index < -0.39 is 0 Å². The maximum Gasteiger partial charge on any atom is 0.196 e. The van der Waals surface area contributed by atoms with Gasteiger partial charge in [0.2, 0.25) is 0 Å². The Balaban J connectivity index is 1.45. The molecule has 0 fully saturated rings. The highest BCUT2D eigenvalue weighted by Crippen LogP contribution is 2.33. The van der Waals surface area contributed by atoms with Gasteiger partial charge in [-0.2, -0.15) is 0 Å². The van der Waals surface area contributed by atoms with E-state index >= 15 is 0 Å². The van der Waals surface area contributed by atoms with Crippen LogP contribution in [0.5, 0.6) is 11.5 Å². The monoisotopic (exact) mass is 498 g/mol. The summed E-state index contributed by atoms with van der Waals surface area (Å²) in [5.41, 5.74) is 2.04. The van der Waals surface area contributed by atoms with Crippen molar-refractivity contribution >= 4 is 40.7 Å². The predicted molar refractivity (Wildman–Crippen MR) is 127 cm³/mol. The first-order valence-corrected chi connectivity index (χ1v) is 11.7. The minimum Gasteiger partial charge on any atom is -0.486 e. The molecule has 0 amide bonds. The van der Waals surface area contributed by atoms with Gasteiger partial charge in [0.05, 0.1) is 21.5 Å². The van der Waals surface area contributed by atoms with Gasteiger partial charge in [-0.1, -0.05) is 35.0 Å². The molecule has 0 spiro atoms. The lowest BCUT2D eigenvalue weighted by molar-refractivity contribution is 0.102. The number of carbonyl (C=O) groups excluding carboxylic acids is 1. The number of ether oxygens (including phenoxy) is 2. The molecule has 3 heterocycles. The minimum absolute atomic E-state index is 0.0661. The fraction of sp³-hybridized carbons (Fsp3) is 0.130. The van der Waals surface area contributed by atoms with E-state index in [1.54, 1.807) is 42.7 Å². The van der Waals surface area contributed by atoms with Crippen LogP contribution >= 0.6 is 35.0 Å². The molecule has 1 aliphatic rings. The van der Waals surface area contributed by atoms with Crippen molar-refractivity contribution < 1.29 is 14.3 Å². The summed E-state index contributed by atoms with van der Waals surface area (Å²) in [6, 6.07) is 14.2. The lowest BCUT2D eigenvalue weighted by Crippen LogP contribution is -2.16. The third-order valence-electron chi connectivity index (χ3n) is 4.91. The second kappa shape index (κ2) is 9.43. The number of hydrogen-bond acceptors (Lipinski definition) is 7. The van der Waals surface area contributed by atoms with Gasteiger partial charge in [0.1, 0.15) is 13.2 Å². The number of hydrogen-bond donors (Lipinski definition) is 0. The first kappa shape index (κ1) is 21.8. The van der Waals surface area contributed by atoms with Crippen molar-refractivity contribution in [3.05, 3.63) is 76.5 Å². The van der Waals surface area contributed by atoms with E-state index in [0.717, 1.165) is 11.3 Å². The van der Waals surface area contributed by atoms with Crippen LogP contribution in [0.3, 0.4) is 0 Å². The van der Waals surface area contributed by atoms with E-state index in [1.165, 1.54) is 11.8 Å². The van der Waals surface area contributed by atoms with Gasteiger partial charge in [-0.3, -0.25) is 14.3 Å². The normalized spacial score (nSPS) is 12.5. The summed E-state index contributed by atoms with van der Waals surface area (Å²) in [6.07, 6.45) is 3.39. The van der Waals surface area contributed by atoms with Gasteiger partial charge in [0.25, 0.3) is 0 Å². The zero-order valence-corrected chi connectivity index (χ0v) is 19.4. The summed E-state index contributed by atoms with van der Waals surface area (Å²) < 4.78 is 12.9. The lowest BCUT2D eigenvalue weighted by atomic mass is 10.1. The number of rotatable bonds is 6. The van der Waals surface area contributed by atoms with Crippen LogP contribution in [-0.4, -0.2) is 44.5 Å². The molecule has 166 valence electrons. The summed E-state index contributed by atoms with van der Waals surface area (Å²) in [6.45, 7) is 0.961. The molecule has 0 atom stereocenters. The molecule has 0 saturated heterocycles.